The molecule has 3 nitrogen and oxygen atoms in total. The molecule has 0 spiro atoms. The Morgan fingerprint density at radius 1 is 0.356 bits per heavy atom. The maximum Gasteiger partial charge on any atom is 0.0167 e. The largest absolute Gasteiger partial charge is 0.330 e. The van der Waals surface area contributed by atoms with Gasteiger partial charge in [0.05, 0.1) is 0 Å². The number of nitrogens with zero attached hydrogens (tertiary/aromatic N) is 1. The Bertz CT molecular complexity index is 474. The van der Waals surface area contributed by atoms with Crippen molar-refractivity contribution in [3.05, 3.63) is 0 Å². The van der Waals surface area contributed by atoms with E-state index in [2.05, 4.69) is 18.7 Å². The third kappa shape index (κ3) is 38.2. The molecule has 0 aromatic heterocycles. The lowest BCUT2D eigenvalue weighted by Crippen LogP contribution is -2.38. The van der Waals surface area contributed by atoms with Gasteiger partial charge in [0, 0.05) is 12.6 Å². The molecule has 0 aromatic rings. The van der Waals surface area contributed by atoms with E-state index in [0.717, 1.165) is 25.9 Å². The summed E-state index contributed by atoms with van der Waals surface area (Å²) in [4.78, 5) is 2.71. The van der Waals surface area contributed by atoms with Gasteiger partial charge in [-0.3, -0.25) is 0 Å². The Balaban J connectivity index is 3.78. The Hall–Kier alpha value is -0.120. The molecule has 0 aromatic carbocycles. The zero-order valence-corrected chi connectivity index (χ0v) is 31.8. The molecule has 0 rings (SSSR count). The molecule has 1 atom stereocenters. The first-order valence-electron chi connectivity index (χ1n) is 21.4. The first kappa shape index (κ1) is 44.9. The van der Waals surface area contributed by atoms with Gasteiger partial charge >= 0.3 is 0 Å². The van der Waals surface area contributed by atoms with Crippen molar-refractivity contribution >= 4 is 0 Å². The minimum absolute atomic E-state index is 0.318. The lowest BCUT2D eigenvalue weighted by atomic mass is 10.0. The summed E-state index contributed by atoms with van der Waals surface area (Å²) < 4.78 is 0. The average Bonchev–Trinajstić information content (AvgIpc) is 3.04. The van der Waals surface area contributed by atoms with Crippen LogP contribution in [-0.4, -0.2) is 37.1 Å². The van der Waals surface area contributed by atoms with Crippen LogP contribution >= 0.6 is 0 Å². The normalized spacial score (nSPS) is 12.5. The van der Waals surface area contributed by atoms with Gasteiger partial charge in [-0.15, -0.1) is 0 Å². The van der Waals surface area contributed by atoms with Crippen molar-refractivity contribution in [2.45, 2.75) is 245 Å². The van der Waals surface area contributed by atoms with Crippen molar-refractivity contribution in [1.82, 2.24) is 4.90 Å². The Morgan fingerprint density at radius 2 is 0.622 bits per heavy atom. The van der Waals surface area contributed by atoms with Crippen molar-refractivity contribution < 1.29 is 0 Å². The molecule has 3 heteroatoms. The fourth-order valence-corrected chi connectivity index (χ4v) is 7.04. The Labute approximate surface area is 286 Å². The van der Waals surface area contributed by atoms with E-state index < -0.39 is 0 Å². The van der Waals surface area contributed by atoms with E-state index in [1.54, 1.807) is 0 Å². The van der Waals surface area contributed by atoms with Gasteiger partial charge in [0.2, 0.25) is 0 Å². The summed E-state index contributed by atoms with van der Waals surface area (Å²) >= 11 is 0. The maximum absolute atomic E-state index is 6.56. The van der Waals surface area contributed by atoms with Gasteiger partial charge < -0.3 is 16.4 Å². The third-order valence-electron chi connectivity index (χ3n) is 10.2. The summed E-state index contributed by atoms with van der Waals surface area (Å²) in [6, 6.07) is 0.318. The second kappa shape index (κ2) is 40.1. The minimum Gasteiger partial charge on any atom is -0.330 e. The lowest BCUT2D eigenvalue weighted by Gasteiger charge is -2.26. The molecule has 0 saturated carbocycles. The molecule has 0 bridgehead atoms. The molecule has 1 unspecified atom stereocenters. The second-order valence-corrected chi connectivity index (χ2v) is 15.0. The van der Waals surface area contributed by atoms with E-state index in [0.29, 0.717) is 6.04 Å². The van der Waals surface area contributed by atoms with Crippen LogP contribution in [0.25, 0.3) is 0 Å². The predicted molar refractivity (Wildman–Crippen MR) is 206 cm³/mol. The summed E-state index contributed by atoms with van der Waals surface area (Å²) in [5.41, 5.74) is 12.3. The SMILES string of the molecule is CCCCCCCCCCCCCCCCCCN(CCCCCCCCCCCCCCCCCC)CC(N)CCCCN. The molecule has 0 saturated heterocycles. The number of rotatable bonds is 40. The third-order valence-corrected chi connectivity index (χ3v) is 10.2. The first-order chi connectivity index (χ1) is 22.2. The van der Waals surface area contributed by atoms with E-state index >= 15 is 0 Å². The molecule has 0 aliphatic carbocycles. The molecular formula is C42H89N3. The van der Waals surface area contributed by atoms with Crippen molar-refractivity contribution in [3.63, 3.8) is 0 Å². The highest BCUT2D eigenvalue weighted by Crippen LogP contribution is 2.16. The van der Waals surface area contributed by atoms with E-state index in [1.165, 1.54) is 225 Å². The minimum atomic E-state index is 0.318. The summed E-state index contributed by atoms with van der Waals surface area (Å²) in [6.07, 6.45) is 49.5. The van der Waals surface area contributed by atoms with Gasteiger partial charge in [0.25, 0.3) is 0 Å². The molecule has 0 aliphatic rings. The van der Waals surface area contributed by atoms with Gasteiger partial charge in [-0.2, -0.15) is 0 Å². The molecule has 0 heterocycles. The summed E-state index contributed by atoms with van der Waals surface area (Å²) in [7, 11) is 0. The molecule has 0 amide bonds. The van der Waals surface area contributed by atoms with E-state index in [1.807, 2.05) is 0 Å². The standard InChI is InChI=1S/C42H89N3/c1-3-5-7-9-11-13-15-17-19-21-23-25-27-29-31-35-39-45(41-42(44)37-33-34-38-43)40-36-32-30-28-26-24-22-20-18-16-14-12-10-8-6-4-2/h42H,3-41,43-44H2,1-2H3. The highest BCUT2D eigenvalue weighted by Gasteiger charge is 2.10. The topological polar surface area (TPSA) is 55.3 Å². The smallest absolute Gasteiger partial charge is 0.0167 e. The number of hydrogen-bond acceptors (Lipinski definition) is 3. The summed E-state index contributed by atoms with van der Waals surface area (Å²) in [6.45, 7) is 9.00. The van der Waals surface area contributed by atoms with Crippen LogP contribution < -0.4 is 11.5 Å². The number of unbranched alkanes of at least 4 members (excludes halogenated alkanes) is 31. The first-order valence-corrected chi connectivity index (χ1v) is 21.4. The van der Waals surface area contributed by atoms with Crippen LogP contribution in [0, 0.1) is 0 Å². The highest BCUT2D eigenvalue weighted by molar-refractivity contribution is 4.69. The lowest BCUT2D eigenvalue weighted by molar-refractivity contribution is 0.240. The quantitative estimate of drug-likeness (QED) is 0.0659. The van der Waals surface area contributed by atoms with Gasteiger partial charge in [0.1, 0.15) is 0 Å². The predicted octanol–water partition coefficient (Wildman–Crippen LogP) is 13.3. The second-order valence-electron chi connectivity index (χ2n) is 15.0. The average molecular weight is 636 g/mol. The summed E-state index contributed by atoms with van der Waals surface area (Å²) in [5, 5.41) is 0. The Kier molecular flexibility index (Phi) is 39.9. The van der Waals surface area contributed by atoms with Crippen molar-refractivity contribution in [1.29, 1.82) is 0 Å². The zero-order chi connectivity index (χ0) is 32.7. The van der Waals surface area contributed by atoms with Crippen molar-refractivity contribution in [3.8, 4) is 0 Å². The molecule has 0 aliphatic heterocycles. The van der Waals surface area contributed by atoms with Crippen LogP contribution in [0.15, 0.2) is 0 Å². The monoisotopic (exact) mass is 636 g/mol. The van der Waals surface area contributed by atoms with Gasteiger partial charge in [-0.1, -0.05) is 213 Å². The van der Waals surface area contributed by atoms with Crippen LogP contribution in [0.2, 0.25) is 0 Å². The van der Waals surface area contributed by atoms with Crippen LogP contribution in [0.5, 0.6) is 0 Å². The van der Waals surface area contributed by atoms with E-state index in [-0.39, 0.29) is 0 Å². The van der Waals surface area contributed by atoms with Gasteiger partial charge in [0.15, 0.2) is 0 Å². The van der Waals surface area contributed by atoms with Gasteiger partial charge in [-0.05, 0) is 45.3 Å². The molecule has 4 N–H and O–H groups in total. The zero-order valence-electron chi connectivity index (χ0n) is 31.8. The molecule has 0 radical (unpaired) electrons. The maximum atomic E-state index is 6.56. The molecule has 0 fully saturated rings. The van der Waals surface area contributed by atoms with E-state index in [4.69, 9.17) is 11.5 Å². The van der Waals surface area contributed by atoms with Crippen LogP contribution in [0.4, 0.5) is 0 Å². The molecular weight excluding hydrogens is 546 g/mol. The fourth-order valence-electron chi connectivity index (χ4n) is 7.04. The molecule has 45 heavy (non-hydrogen) atoms. The fraction of sp³-hybridized carbons (Fsp3) is 1.00. The van der Waals surface area contributed by atoms with Crippen molar-refractivity contribution in [2.24, 2.45) is 11.5 Å². The van der Waals surface area contributed by atoms with Crippen LogP contribution in [0.1, 0.15) is 239 Å². The number of hydrogen-bond donors (Lipinski definition) is 2. The van der Waals surface area contributed by atoms with E-state index in [9.17, 15) is 0 Å². The van der Waals surface area contributed by atoms with Crippen LogP contribution in [0.3, 0.4) is 0 Å². The highest BCUT2D eigenvalue weighted by atomic mass is 15.1. The van der Waals surface area contributed by atoms with Gasteiger partial charge in [-0.25, -0.2) is 0 Å². The van der Waals surface area contributed by atoms with Crippen molar-refractivity contribution in [2.75, 3.05) is 26.2 Å². The van der Waals surface area contributed by atoms with Crippen LogP contribution in [-0.2, 0) is 0 Å². The summed E-state index contributed by atoms with van der Waals surface area (Å²) in [5.74, 6) is 0. The Morgan fingerprint density at radius 3 is 0.889 bits per heavy atom. The number of nitrogens with two attached hydrogens (primary N) is 2. The molecule has 272 valence electrons.